The summed E-state index contributed by atoms with van der Waals surface area (Å²) in [6, 6.07) is 26.0. The van der Waals surface area contributed by atoms with E-state index in [0.717, 1.165) is 35.8 Å². The first-order chi connectivity index (χ1) is 18.0. The first-order valence-electron chi connectivity index (χ1n) is 12.5. The molecular weight excluding hydrogens is 462 g/mol. The molecule has 0 aliphatic carbocycles. The number of hydrogen-bond acceptors (Lipinski definition) is 6. The van der Waals surface area contributed by atoms with Crippen LogP contribution in [-0.2, 0) is 0 Å². The van der Waals surface area contributed by atoms with Crippen molar-refractivity contribution in [1.29, 1.82) is 0 Å². The summed E-state index contributed by atoms with van der Waals surface area (Å²) in [4.78, 5) is 29.4. The van der Waals surface area contributed by atoms with Gasteiger partial charge in [-0.2, -0.15) is 0 Å². The van der Waals surface area contributed by atoms with Crippen LogP contribution in [0.3, 0.4) is 0 Å². The van der Waals surface area contributed by atoms with Crippen LogP contribution >= 0.6 is 0 Å². The Morgan fingerprint density at radius 3 is 2.27 bits per heavy atom. The lowest BCUT2D eigenvalue weighted by Crippen LogP contribution is -2.49. The van der Waals surface area contributed by atoms with E-state index < -0.39 is 0 Å². The molecule has 0 saturated carbocycles. The van der Waals surface area contributed by atoms with Crippen molar-refractivity contribution in [3.8, 4) is 17.1 Å². The van der Waals surface area contributed by atoms with E-state index in [1.54, 1.807) is 13.3 Å². The van der Waals surface area contributed by atoms with E-state index >= 15 is 0 Å². The van der Waals surface area contributed by atoms with Crippen molar-refractivity contribution in [3.63, 3.8) is 0 Å². The number of carbonyl (C=O) groups is 1. The highest BCUT2D eigenvalue weighted by molar-refractivity contribution is 5.99. The number of nitrogens with zero attached hydrogens (tertiary/aromatic N) is 5. The number of carbonyl (C=O) groups excluding carboxylic acids is 1. The predicted molar refractivity (Wildman–Crippen MR) is 148 cm³/mol. The number of methoxy groups -OCH3 is 1. The van der Waals surface area contributed by atoms with Crippen LogP contribution in [0.15, 0.2) is 85.1 Å². The first kappa shape index (κ1) is 24.3. The van der Waals surface area contributed by atoms with E-state index in [0.29, 0.717) is 30.3 Å². The Balaban J connectivity index is 1.43. The summed E-state index contributed by atoms with van der Waals surface area (Å²) in [6.07, 6.45) is 1.67. The Hall–Kier alpha value is -4.39. The monoisotopic (exact) mass is 493 g/mol. The Bertz CT molecular complexity index is 1370. The molecule has 2 heterocycles. The van der Waals surface area contributed by atoms with Gasteiger partial charge in [-0.3, -0.25) is 4.79 Å². The van der Waals surface area contributed by atoms with Crippen LogP contribution in [0.1, 0.15) is 15.9 Å². The van der Waals surface area contributed by atoms with E-state index in [1.165, 1.54) is 5.56 Å². The minimum atomic E-state index is -0.0618. The zero-order chi connectivity index (χ0) is 25.8. The van der Waals surface area contributed by atoms with Crippen molar-refractivity contribution < 1.29 is 9.53 Å². The molecule has 1 saturated heterocycles. The minimum Gasteiger partial charge on any atom is -0.495 e. The van der Waals surface area contributed by atoms with Gasteiger partial charge in [-0.15, -0.1) is 0 Å². The number of benzene rings is 3. The summed E-state index contributed by atoms with van der Waals surface area (Å²) in [7, 11) is 3.63. The molecule has 4 aromatic rings. The molecule has 0 bridgehead atoms. The molecule has 0 radical (unpaired) electrons. The van der Waals surface area contributed by atoms with Gasteiger partial charge in [0.1, 0.15) is 17.1 Å². The van der Waals surface area contributed by atoms with Crippen molar-refractivity contribution in [2.75, 3.05) is 50.1 Å². The average molecular weight is 494 g/mol. The van der Waals surface area contributed by atoms with Gasteiger partial charge < -0.3 is 19.4 Å². The number of aryl methyl sites for hydroxylation is 1. The van der Waals surface area contributed by atoms with E-state index in [9.17, 15) is 4.79 Å². The fourth-order valence-corrected chi connectivity index (χ4v) is 4.61. The number of anilines is 3. The number of para-hydroxylation sites is 2. The maximum Gasteiger partial charge on any atom is 0.259 e. The van der Waals surface area contributed by atoms with Crippen LogP contribution in [0.2, 0.25) is 0 Å². The normalized spacial score (nSPS) is 13.4. The zero-order valence-corrected chi connectivity index (χ0v) is 21.5. The van der Waals surface area contributed by atoms with E-state index in [2.05, 4.69) is 35.0 Å². The fourth-order valence-electron chi connectivity index (χ4n) is 4.61. The lowest BCUT2D eigenvalue weighted by Gasteiger charge is -2.37. The molecule has 1 fully saturated rings. The van der Waals surface area contributed by atoms with Gasteiger partial charge in [0.25, 0.3) is 5.91 Å². The smallest absolute Gasteiger partial charge is 0.259 e. The van der Waals surface area contributed by atoms with Crippen LogP contribution in [0.25, 0.3) is 11.4 Å². The van der Waals surface area contributed by atoms with E-state index in [-0.39, 0.29) is 5.91 Å². The van der Waals surface area contributed by atoms with Crippen LogP contribution in [0, 0.1) is 6.92 Å². The molecular formula is C30H31N5O2. The third-order valence-electron chi connectivity index (χ3n) is 6.76. The number of aromatic nitrogens is 2. The second kappa shape index (κ2) is 10.7. The molecule has 1 amide bonds. The first-order valence-corrected chi connectivity index (χ1v) is 12.5. The van der Waals surface area contributed by atoms with Crippen LogP contribution in [0.4, 0.5) is 17.2 Å². The topological polar surface area (TPSA) is 61.8 Å². The Kier molecular flexibility index (Phi) is 7.03. The summed E-state index contributed by atoms with van der Waals surface area (Å²) < 4.78 is 5.54. The Morgan fingerprint density at radius 2 is 1.57 bits per heavy atom. The number of amides is 1. The molecule has 3 aromatic carbocycles. The minimum absolute atomic E-state index is 0.0618. The summed E-state index contributed by atoms with van der Waals surface area (Å²) in [5, 5.41) is 0. The maximum absolute atomic E-state index is 13.8. The number of ether oxygens (including phenoxy) is 1. The highest BCUT2D eigenvalue weighted by Gasteiger charge is 2.27. The molecule has 1 aliphatic heterocycles. The van der Waals surface area contributed by atoms with Gasteiger partial charge in [0, 0.05) is 50.7 Å². The molecule has 0 spiro atoms. The third-order valence-corrected chi connectivity index (χ3v) is 6.76. The van der Waals surface area contributed by atoms with Crippen molar-refractivity contribution in [3.05, 3.63) is 96.2 Å². The van der Waals surface area contributed by atoms with Gasteiger partial charge in [-0.1, -0.05) is 60.2 Å². The van der Waals surface area contributed by atoms with Gasteiger partial charge >= 0.3 is 0 Å². The van der Waals surface area contributed by atoms with Crippen molar-refractivity contribution in [1.82, 2.24) is 14.9 Å². The molecule has 7 heteroatoms. The van der Waals surface area contributed by atoms with Crippen molar-refractivity contribution >= 4 is 23.1 Å². The third kappa shape index (κ3) is 5.11. The molecule has 1 aliphatic rings. The lowest BCUT2D eigenvalue weighted by molar-refractivity contribution is 0.0746. The quantitative estimate of drug-likeness (QED) is 0.368. The zero-order valence-electron chi connectivity index (χ0n) is 21.5. The van der Waals surface area contributed by atoms with Crippen LogP contribution < -0.4 is 14.5 Å². The van der Waals surface area contributed by atoms with Gasteiger partial charge in [0.15, 0.2) is 5.82 Å². The molecule has 7 nitrogen and oxygen atoms in total. The van der Waals surface area contributed by atoms with Gasteiger partial charge in [-0.25, -0.2) is 9.97 Å². The molecule has 0 N–H and O–H groups in total. The molecule has 0 unspecified atom stereocenters. The maximum atomic E-state index is 13.8. The average Bonchev–Trinajstić information content (AvgIpc) is 2.97. The Labute approximate surface area is 218 Å². The predicted octanol–water partition coefficient (Wildman–Crippen LogP) is 5.19. The van der Waals surface area contributed by atoms with Crippen molar-refractivity contribution in [2.24, 2.45) is 0 Å². The molecule has 5 rings (SSSR count). The van der Waals surface area contributed by atoms with Gasteiger partial charge in [0.05, 0.1) is 12.8 Å². The largest absolute Gasteiger partial charge is 0.495 e. The van der Waals surface area contributed by atoms with Crippen molar-refractivity contribution in [2.45, 2.75) is 6.92 Å². The summed E-state index contributed by atoms with van der Waals surface area (Å²) in [5.74, 6) is 1.96. The number of hydrogen-bond donors (Lipinski definition) is 0. The van der Waals surface area contributed by atoms with Gasteiger partial charge in [0.2, 0.25) is 0 Å². The summed E-state index contributed by atoms with van der Waals surface area (Å²) in [5.41, 5.74) is 4.58. The SMILES string of the molecule is COc1ccccc1N1CCN(C(=O)c2cnc(-c3ccccc3)nc2N(C)c2ccc(C)cc2)CC1. The number of piperazine rings is 1. The molecule has 0 atom stereocenters. The molecule has 1 aromatic heterocycles. The lowest BCUT2D eigenvalue weighted by atomic mass is 10.1. The van der Waals surface area contributed by atoms with Crippen LogP contribution in [0.5, 0.6) is 5.75 Å². The summed E-state index contributed by atoms with van der Waals surface area (Å²) >= 11 is 0. The molecule has 37 heavy (non-hydrogen) atoms. The highest BCUT2D eigenvalue weighted by Crippen LogP contribution is 2.31. The second-order valence-corrected chi connectivity index (χ2v) is 9.14. The van der Waals surface area contributed by atoms with E-state index in [4.69, 9.17) is 9.72 Å². The Morgan fingerprint density at radius 1 is 0.892 bits per heavy atom. The number of rotatable bonds is 6. The summed E-state index contributed by atoms with van der Waals surface area (Å²) in [6.45, 7) is 4.70. The fraction of sp³-hybridized carbons (Fsp3) is 0.233. The second-order valence-electron chi connectivity index (χ2n) is 9.14. The standard InChI is InChI=1S/C30H31N5O2/c1-22-13-15-24(16-14-22)33(2)29-25(21-31-28(32-29)23-9-5-4-6-10-23)30(36)35-19-17-34(18-20-35)26-11-7-8-12-27(26)37-3/h4-16,21H,17-20H2,1-3H3. The van der Waals surface area contributed by atoms with E-state index in [1.807, 2.05) is 77.5 Å². The molecule has 188 valence electrons. The van der Waals surface area contributed by atoms with Crippen LogP contribution in [-0.4, -0.2) is 61.1 Å². The highest BCUT2D eigenvalue weighted by atomic mass is 16.5. The van der Waals surface area contributed by atoms with Gasteiger partial charge in [-0.05, 0) is 31.2 Å².